The number of hydrogen-bond acceptors (Lipinski definition) is 5. The average Bonchev–Trinajstić information content (AvgIpc) is 3.17. The van der Waals surface area contributed by atoms with Crippen LogP contribution in [0.4, 0.5) is 5.69 Å². The molecular weight excluding hydrogens is 450 g/mol. The number of nitrogens with zero attached hydrogens (tertiary/aromatic N) is 5. The van der Waals surface area contributed by atoms with Gasteiger partial charge in [-0.3, -0.25) is 9.47 Å². The predicted molar refractivity (Wildman–Crippen MR) is 137 cm³/mol. The fourth-order valence-corrected chi connectivity index (χ4v) is 4.58. The van der Waals surface area contributed by atoms with Crippen LogP contribution in [0.1, 0.15) is 25.6 Å². The minimum Gasteiger partial charge on any atom is -0.494 e. The first-order chi connectivity index (χ1) is 16.6. The van der Waals surface area contributed by atoms with Crippen LogP contribution in [0.5, 0.6) is 5.75 Å². The van der Waals surface area contributed by atoms with Crippen LogP contribution in [0.3, 0.4) is 0 Å². The normalized spacial score (nSPS) is 14.5. The molecule has 0 unspecified atom stereocenters. The van der Waals surface area contributed by atoms with E-state index in [9.17, 15) is 4.79 Å². The van der Waals surface area contributed by atoms with Crippen LogP contribution in [0.2, 0.25) is 5.02 Å². The van der Waals surface area contributed by atoms with Gasteiger partial charge in [0.1, 0.15) is 11.6 Å². The highest BCUT2D eigenvalue weighted by atomic mass is 35.5. The Bertz CT molecular complexity index is 1090. The van der Waals surface area contributed by atoms with Crippen molar-refractivity contribution in [2.24, 2.45) is 0 Å². The van der Waals surface area contributed by atoms with E-state index in [4.69, 9.17) is 16.3 Å². The SMILES string of the molecule is CCc1nn(CCCOc2ccccc2)c(=O)n1CCCN1CCN(c2cccc(Cl)c2)CC1. The quantitative estimate of drug-likeness (QED) is 0.387. The molecule has 7 nitrogen and oxygen atoms in total. The Morgan fingerprint density at radius 1 is 0.941 bits per heavy atom. The van der Waals surface area contributed by atoms with Crippen molar-refractivity contribution < 1.29 is 4.74 Å². The molecular formula is C26H34ClN5O2. The van der Waals surface area contributed by atoms with Crippen LogP contribution in [-0.2, 0) is 19.5 Å². The zero-order valence-electron chi connectivity index (χ0n) is 19.9. The number of ether oxygens (including phenoxy) is 1. The van der Waals surface area contributed by atoms with Crippen LogP contribution in [-0.4, -0.2) is 58.6 Å². The summed E-state index contributed by atoms with van der Waals surface area (Å²) in [6.45, 7) is 8.88. The van der Waals surface area contributed by atoms with Crippen molar-refractivity contribution in [3.05, 3.63) is 75.9 Å². The zero-order valence-corrected chi connectivity index (χ0v) is 20.7. The third-order valence-corrected chi connectivity index (χ3v) is 6.48. The Morgan fingerprint density at radius 2 is 1.74 bits per heavy atom. The molecule has 1 aliphatic heterocycles. The molecule has 1 aliphatic rings. The van der Waals surface area contributed by atoms with E-state index in [1.54, 1.807) is 4.68 Å². The first kappa shape index (κ1) is 24.4. The van der Waals surface area contributed by atoms with E-state index < -0.39 is 0 Å². The summed E-state index contributed by atoms with van der Waals surface area (Å²) in [6.07, 6.45) is 2.43. The number of halogens is 1. The van der Waals surface area contributed by atoms with Gasteiger partial charge in [0.2, 0.25) is 0 Å². The van der Waals surface area contributed by atoms with Crippen LogP contribution in [0.15, 0.2) is 59.4 Å². The van der Waals surface area contributed by atoms with E-state index in [0.717, 1.165) is 68.6 Å². The molecule has 0 atom stereocenters. The summed E-state index contributed by atoms with van der Waals surface area (Å²) >= 11 is 6.14. The number of anilines is 1. The second-order valence-electron chi connectivity index (χ2n) is 8.60. The maximum Gasteiger partial charge on any atom is 0.345 e. The minimum absolute atomic E-state index is 0.0117. The second-order valence-corrected chi connectivity index (χ2v) is 9.04. The van der Waals surface area contributed by atoms with Crippen molar-refractivity contribution in [1.82, 2.24) is 19.2 Å². The molecule has 3 aromatic rings. The molecule has 4 rings (SSSR count). The van der Waals surface area contributed by atoms with Gasteiger partial charge in [0, 0.05) is 62.8 Å². The van der Waals surface area contributed by atoms with E-state index >= 15 is 0 Å². The molecule has 0 spiro atoms. The molecule has 0 saturated carbocycles. The van der Waals surface area contributed by atoms with Gasteiger partial charge in [-0.1, -0.05) is 42.8 Å². The maximum atomic E-state index is 12.9. The maximum absolute atomic E-state index is 12.9. The van der Waals surface area contributed by atoms with Crippen molar-refractivity contribution in [1.29, 1.82) is 0 Å². The number of benzene rings is 2. The molecule has 1 aromatic heterocycles. The molecule has 0 radical (unpaired) electrons. The molecule has 1 fully saturated rings. The molecule has 0 bridgehead atoms. The van der Waals surface area contributed by atoms with E-state index in [-0.39, 0.29) is 5.69 Å². The molecule has 1 saturated heterocycles. The summed E-state index contributed by atoms with van der Waals surface area (Å²) in [4.78, 5) is 17.8. The molecule has 34 heavy (non-hydrogen) atoms. The van der Waals surface area contributed by atoms with Gasteiger partial charge in [0.25, 0.3) is 0 Å². The Kier molecular flexibility index (Phi) is 8.66. The Labute approximate surface area is 206 Å². The van der Waals surface area contributed by atoms with E-state index in [2.05, 4.69) is 27.9 Å². The monoisotopic (exact) mass is 483 g/mol. The highest BCUT2D eigenvalue weighted by Crippen LogP contribution is 2.20. The van der Waals surface area contributed by atoms with Crippen molar-refractivity contribution in [2.45, 2.75) is 39.3 Å². The molecule has 0 amide bonds. The fraction of sp³-hybridized carbons (Fsp3) is 0.462. The lowest BCUT2D eigenvalue weighted by molar-refractivity contribution is 0.249. The number of rotatable bonds is 11. The van der Waals surface area contributed by atoms with Crippen molar-refractivity contribution >= 4 is 17.3 Å². The number of aryl methyl sites for hydroxylation is 2. The molecule has 8 heteroatoms. The Balaban J connectivity index is 1.22. The zero-order chi connectivity index (χ0) is 23.8. The van der Waals surface area contributed by atoms with Crippen LogP contribution >= 0.6 is 11.6 Å². The number of piperazine rings is 1. The van der Waals surface area contributed by atoms with Crippen molar-refractivity contribution in [3.8, 4) is 5.75 Å². The van der Waals surface area contributed by atoms with Gasteiger partial charge < -0.3 is 9.64 Å². The van der Waals surface area contributed by atoms with E-state index in [1.165, 1.54) is 5.69 Å². The highest BCUT2D eigenvalue weighted by molar-refractivity contribution is 6.30. The van der Waals surface area contributed by atoms with E-state index in [0.29, 0.717) is 19.7 Å². The number of aromatic nitrogens is 3. The lowest BCUT2D eigenvalue weighted by Crippen LogP contribution is -2.46. The molecule has 0 aliphatic carbocycles. The second kappa shape index (κ2) is 12.1. The summed E-state index contributed by atoms with van der Waals surface area (Å²) < 4.78 is 9.18. The van der Waals surface area contributed by atoms with Crippen LogP contribution in [0.25, 0.3) is 0 Å². The van der Waals surface area contributed by atoms with Gasteiger partial charge in [0.15, 0.2) is 0 Å². The first-order valence-corrected chi connectivity index (χ1v) is 12.6. The van der Waals surface area contributed by atoms with Gasteiger partial charge in [-0.25, -0.2) is 9.48 Å². The lowest BCUT2D eigenvalue weighted by atomic mass is 10.2. The van der Waals surface area contributed by atoms with Gasteiger partial charge in [-0.05, 0) is 43.3 Å². The minimum atomic E-state index is -0.0117. The third-order valence-electron chi connectivity index (χ3n) is 6.24. The largest absolute Gasteiger partial charge is 0.494 e. The topological polar surface area (TPSA) is 55.5 Å². The molecule has 2 heterocycles. The molecule has 2 aromatic carbocycles. The highest BCUT2D eigenvalue weighted by Gasteiger charge is 2.18. The summed E-state index contributed by atoms with van der Waals surface area (Å²) in [5.41, 5.74) is 1.18. The fourth-order valence-electron chi connectivity index (χ4n) is 4.39. The average molecular weight is 484 g/mol. The number of para-hydroxylation sites is 1. The first-order valence-electron chi connectivity index (χ1n) is 12.2. The molecule has 0 N–H and O–H groups in total. The van der Waals surface area contributed by atoms with Gasteiger partial charge >= 0.3 is 5.69 Å². The van der Waals surface area contributed by atoms with Gasteiger partial charge in [-0.2, -0.15) is 5.10 Å². The standard InChI is InChI=1S/C26H34ClN5O2/c1-2-25-28-32(15-8-20-34-24-11-4-3-5-12-24)26(33)31(25)14-7-13-29-16-18-30(19-17-29)23-10-6-9-22(27)21-23/h3-6,9-12,21H,2,7-8,13-20H2,1H3. The van der Waals surface area contributed by atoms with Crippen LogP contribution in [0, 0.1) is 0 Å². The Hall–Kier alpha value is -2.77. The van der Waals surface area contributed by atoms with Gasteiger partial charge in [0.05, 0.1) is 6.61 Å². The summed E-state index contributed by atoms with van der Waals surface area (Å²) in [5, 5.41) is 5.35. The third kappa shape index (κ3) is 6.42. The summed E-state index contributed by atoms with van der Waals surface area (Å²) in [6, 6.07) is 17.8. The lowest BCUT2D eigenvalue weighted by Gasteiger charge is -2.36. The summed E-state index contributed by atoms with van der Waals surface area (Å²) in [5.74, 6) is 1.71. The van der Waals surface area contributed by atoms with Crippen molar-refractivity contribution in [2.75, 3.05) is 44.2 Å². The van der Waals surface area contributed by atoms with Crippen LogP contribution < -0.4 is 15.3 Å². The number of hydrogen-bond donors (Lipinski definition) is 0. The van der Waals surface area contributed by atoms with Crippen molar-refractivity contribution in [3.63, 3.8) is 0 Å². The summed E-state index contributed by atoms with van der Waals surface area (Å²) in [7, 11) is 0. The van der Waals surface area contributed by atoms with Gasteiger partial charge in [-0.15, -0.1) is 0 Å². The molecule has 182 valence electrons. The smallest absolute Gasteiger partial charge is 0.345 e. The Morgan fingerprint density at radius 3 is 2.47 bits per heavy atom. The van der Waals surface area contributed by atoms with E-state index in [1.807, 2.05) is 53.1 Å². The predicted octanol–water partition coefficient (Wildman–Crippen LogP) is 3.94.